The third-order valence-corrected chi connectivity index (χ3v) is 2.94. The summed E-state index contributed by atoms with van der Waals surface area (Å²) in [5, 5.41) is 19.1. The first-order valence-electron chi connectivity index (χ1n) is 6.22. The van der Waals surface area contributed by atoms with Crippen LogP contribution in [0, 0.1) is 10.1 Å². The quantitative estimate of drug-likeness (QED) is 0.425. The van der Waals surface area contributed by atoms with Gasteiger partial charge in [0.15, 0.2) is 0 Å². The van der Waals surface area contributed by atoms with Gasteiger partial charge >= 0.3 is 5.97 Å². The van der Waals surface area contributed by atoms with Crippen molar-refractivity contribution in [3.05, 3.63) is 39.9 Å². The summed E-state index contributed by atoms with van der Waals surface area (Å²) in [7, 11) is 0. The van der Waals surface area contributed by atoms with Crippen molar-refractivity contribution in [2.24, 2.45) is 5.73 Å². The molecule has 6 nitrogen and oxygen atoms in total. The van der Waals surface area contributed by atoms with Gasteiger partial charge < -0.3 is 10.8 Å². The Kier molecular flexibility index (Phi) is 5.95. The highest BCUT2D eigenvalue weighted by molar-refractivity contribution is 5.72. The SMILES string of the molecule is NC(CCCCCc1ccc([N+](=O)[O-])cc1)C(=O)O. The van der Waals surface area contributed by atoms with Crippen molar-refractivity contribution in [1.82, 2.24) is 0 Å². The number of hydrogen-bond donors (Lipinski definition) is 2. The molecule has 0 aliphatic heterocycles. The van der Waals surface area contributed by atoms with Crippen LogP contribution >= 0.6 is 0 Å². The molecule has 19 heavy (non-hydrogen) atoms. The largest absolute Gasteiger partial charge is 0.480 e. The van der Waals surface area contributed by atoms with E-state index in [4.69, 9.17) is 10.8 Å². The van der Waals surface area contributed by atoms with Crippen molar-refractivity contribution in [3.63, 3.8) is 0 Å². The molecular weight excluding hydrogens is 248 g/mol. The van der Waals surface area contributed by atoms with Crippen LogP contribution < -0.4 is 5.73 Å². The number of aliphatic carboxylic acids is 1. The maximum absolute atomic E-state index is 10.5. The maximum Gasteiger partial charge on any atom is 0.320 e. The van der Waals surface area contributed by atoms with Gasteiger partial charge in [0, 0.05) is 12.1 Å². The highest BCUT2D eigenvalue weighted by atomic mass is 16.6. The van der Waals surface area contributed by atoms with Crippen molar-refractivity contribution in [2.75, 3.05) is 0 Å². The molecule has 6 heteroatoms. The molecule has 0 bridgehead atoms. The predicted octanol–water partition coefficient (Wildman–Crippen LogP) is 2.11. The van der Waals surface area contributed by atoms with Crippen LogP contribution in [0.5, 0.6) is 0 Å². The Bertz CT molecular complexity index is 431. The first kappa shape index (κ1) is 15.1. The lowest BCUT2D eigenvalue weighted by Gasteiger charge is -2.05. The van der Waals surface area contributed by atoms with E-state index in [1.54, 1.807) is 12.1 Å². The van der Waals surface area contributed by atoms with E-state index in [1.165, 1.54) is 12.1 Å². The molecule has 0 fully saturated rings. The first-order valence-corrected chi connectivity index (χ1v) is 6.22. The van der Waals surface area contributed by atoms with Crippen LogP contribution in [-0.2, 0) is 11.2 Å². The van der Waals surface area contributed by atoms with Crippen molar-refractivity contribution >= 4 is 11.7 Å². The monoisotopic (exact) mass is 266 g/mol. The summed E-state index contributed by atoms with van der Waals surface area (Å²) in [4.78, 5) is 20.5. The fourth-order valence-electron chi connectivity index (χ4n) is 1.78. The number of nitro benzene ring substituents is 1. The Morgan fingerprint density at radius 1 is 1.26 bits per heavy atom. The molecule has 0 radical (unpaired) electrons. The van der Waals surface area contributed by atoms with E-state index in [9.17, 15) is 14.9 Å². The summed E-state index contributed by atoms with van der Waals surface area (Å²) in [6, 6.07) is 5.72. The lowest BCUT2D eigenvalue weighted by Crippen LogP contribution is -2.29. The van der Waals surface area contributed by atoms with Gasteiger partial charge in [-0.25, -0.2) is 0 Å². The van der Waals surface area contributed by atoms with E-state index in [0.717, 1.165) is 31.2 Å². The lowest BCUT2D eigenvalue weighted by molar-refractivity contribution is -0.384. The molecule has 0 heterocycles. The van der Waals surface area contributed by atoms with Gasteiger partial charge in [-0.3, -0.25) is 14.9 Å². The van der Waals surface area contributed by atoms with E-state index in [1.807, 2.05) is 0 Å². The number of benzene rings is 1. The number of nitrogens with zero attached hydrogens (tertiary/aromatic N) is 1. The number of hydrogen-bond acceptors (Lipinski definition) is 4. The van der Waals surface area contributed by atoms with Crippen LogP contribution in [0.1, 0.15) is 31.2 Å². The number of unbranched alkanes of at least 4 members (excludes halogenated alkanes) is 2. The molecule has 3 N–H and O–H groups in total. The lowest BCUT2D eigenvalue weighted by atomic mass is 10.0. The Hall–Kier alpha value is -1.95. The zero-order valence-corrected chi connectivity index (χ0v) is 10.6. The third kappa shape index (κ3) is 5.48. The van der Waals surface area contributed by atoms with E-state index in [-0.39, 0.29) is 5.69 Å². The summed E-state index contributed by atoms with van der Waals surface area (Å²) in [6.45, 7) is 0. The van der Waals surface area contributed by atoms with Gasteiger partial charge in [0.05, 0.1) is 4.92 Å². The maximum atomic E-state index is 10.5. The molecule has 1 unspecified atom stereocenters. The molecular formula is C13H18N2O4. The van der Waals surface area contributed by atoms with E-state index < -0.39 is 16.9 Å². The summed E-state index contributed by atoms with van der Waals surface area (Å²) in [5.74, 6) is -0.963. The molecule has 0 amide bonds. The van der Waals surface area contributed by atoms with Gasteiger partial charge in [-0.2, -0.15) is 0 Å². The topological polar surface area (TPSA) is 106 Å². The van der Waals surface area contributed by atoms with E-state index >= 15 is 0 Å². The summed E-state index contributed by atoms with van der Waals surface area (Å²) in [6.07, 6.45) is 3.92. The standard InChI is InChI=1S/C13H18N2O4/c14-12(13(16)17)5-3-1-2-4-10-6-8-11(9-7-10)15(18)19/h6-9,12H,1-5,14H2,(H,16,17). The van der Waals surface area contributed by atoms with Gasteiger partial charge in [-0.05, 0) is 24.8 Å². The molecule has 0 spiro atoms. The van der Waals surface area contributed by atoms with Crippen molar-refractivity contribution in [3.8, 4) is 0 Å². The molecule has 1 rings (SSSR count). The Morgan fingerprint density at radius 3 is 2.42 bits per heavy atom. The summed E-state index contributed by atoms with van der Waals surface area (Å²) >= 11 is 0. The van der Waals surface area contributed by atoms with Gasteiger partial charge in [0.2, 0.25) is 0 Å². The Labute approximate surface area is 111 Å². The minimum absolute atomic E-state index is 0.0937. The predicted molar refractivity (Wildman–Crippen MR) is 70.9 cm³/mol. The third-order valence-electron chi connectivity index (χ3n) is 2.94. The second-order valence-corrected chi connectivity index (χ2v) is 4.47. The van der Waals surface area contributed by atoms with Crippen LogP contribution in [0.25, 0.3) is 0 Å². The van der Waals surface area contributed by atoms with Crippen molar-refractivity contribution in [2.45, 2.75) is 38.1 Å². The normalized spacial score (nSPS) is 12.1. The van der Waals surface area contributed by atoms with Gasteiger partial charge in [0.1, 0.15) is 6.04 Å². The van der Waals surface area contributed by atoms with Gasteiger partial charge in [-0.1, -0.05) is 25.0 Å². The Balaban J connectivity index is 2.22. The summed E-state index contributed by atoms with van der Waals surface area (Å²) in [5.41, 5.74) is 6.53. The number of non-ortho nitro benzene ring substituents is 1. The molecule has 0 saturated carbocycles. The fourth-order valence-corrected chi connectivity index (χ4v) is 1.78. The number of aryl methyl sites for hydroxylation is 1. The van der Waals surface area contributed by atoms with E-state index in [2.05, 4.69) is 0 Å². The van der Waals surface area contributed by atoms with Crippen LogP contribution in [-0.4, -0.2) is 22.0 Å². The average Bonchev–Trinajstić information content (AvgIpc) is 2.38. The second-order valence-electron chi connectivity index (χ2n) is 4.47. The van der Waals surface area contributed by atoms with Crippen molar-refractivity contribution in [1.29, 1.82) is 0 Å². The van der Waals surface area contributed by atoms with E-state index in [0.29, 0.717) is 6.42 Å². The number of nitrogens with two attached hydrogens (primary N) is 1. The minimum Gasteiger partial charge on any atom is -0.480 e. The number of carbonyl (C=O) groups is 1. The van der Waals surface area contributed by atoms with Crippen LogP contribution in [0.2, 0.25) is 0 Å². The minimum atomic E-state index is -0.963. The smallest absolute Gasteiger partial charge is 0.320 e. The first-order chi connectivity index (χ1) is 9.00. The van der Waals surface area contributed by atoms with Crippen LogP contribution in [0.15, 0.2) is 24.3 Å². The number of rotatable bonds is 8. The highest BCUT2D eigenvalue weighted by Gasteiger charge is 2.10. The molecule has 1 atom stereocenters. The highest BCUT2D eigenvalue weighted by Crippen LogP contribution is 2.14. The van der Waals surface area contributed by atoms with Crippen LogP contribution in [0.4, 0.5) is 5.69 Å². The molecule has 0 aliphatic rings. The zero-order valence-electron chi connectivity index (χ0n) is 10.6. The molecule has 0 aliphatic carbocycles. The fraction of sp³-hybridized carbons (Fsp3) is 0.462. The number of carboxylic acid groups (broad SMARTS) is 1. The summed E-state index contributed by atoms with van der Waals surface area (Å²) < 4.78 is 0. The molecule has 0 saturated heterocycles. The number of carboxylic acids is 1. The zero-order chi connectivity index (χ0) is 14.3. The van der Waals surface area contributed by atoms with Crippen LogP contribution in [0.3, 0.4) is 0 Å². The second kappa shape index (κ2) is 7.48. The molecule has 1 aromatic carbocycles. The van der Waals surface area contributed by atoms with Gasteiger partial charge in [-0.15, -0.1) is 0 Å². The molecule has 104 valence electrons. The number of nitro groups is 1. The van der Waals surface area contributed by atoms with Crippen molar-refractivity contribution < 1.29 is 14.8 Å². The molecule has 1 aromatic rings. The van der Waals surface area contributed by atoms with Gasteiger partial charge in [0.25, 0.3) is 5.69 Å². The average molecular weight is 266 g/mol. The Morgan fingerprint density at radius 2 is 1.89 bits per heavy atom. The molecule has 0 aromatic heterocycles.